The minimum Gasteiger partial charge on any atom is -0.309 e. The van der Waals surface area contributed by atoms with Crippen LogP contribution in [0, 0.1) is 0 Å². The highest BCUT2D eigenvalue weighted by Gasteiger charge is 2.46. The highest BCUT2D eigenvalue weighted by atomic mass is 15.0. The molecule has 0 spiro atoms. The lowest BCUT2D eigenvalue weighted by Crippen LogP contribution is -2.28. The van der Waals surface area contributed by atoms with Gasteiger partial charge in [-0.05, 0) is 112 Å². The maximum Gasteiger partial charge on any atom is 0.0713 e. The predicted octanol–water partition coefficient (Wildman–Crippen LogP) is 15.3. The molecular formula is C61H39N3. The number of para-hydroxylation sites is 4. The number of hydrogen-bond acceptors (Lipinski definition) is 0. The van der Waals surface area contributed by atoms with Crippen molar-refractivity contribution in [2.45, 2.75) is 5.41 Å². The molecule has 3 nitrogen and oxygen atoms in total. The molecule has 14 rings (SSSR count). The Hall–Kier alpha value is -8.40. The van der Waals surface area contributed by atoms with E-state index in [1.807, 2.05) is 0 Å². The summed E-state index contributed by atoms with van der Waals surface area (Å²) in [5.74, 6) is 0. The first kappa shape index (κ1) is 35.2. The molecule has 10 aromatic carbocycles. The average molecular weight is 814 g/mol. The number of benzene rings is 10. The molecular weight excluding hydrogens is 775 g/mol. The van der Waals surface area contributed by atoms with Gasteiger partial charge in [0.25, 0.3) is 0 Å². The predicted molar refractivity (Wildman–Crippen MR) is 267 cm³/mol. The van der Waals surface area contributed by atoms with Crippen LogP contribution >= 0.6 is 0 Å². The molecule has 64 heavy (non-hydrogen) atoms. The van der Waals surface area contributed by atoms with E-state index in [0.717, 1.165) is 17.1 Å². The van der Waals surface area contributed by atoms with E-state index < -0.39 is 5.41 Å². The minimum absolute atomic E-state index is 0.506. The van der Waals surface area contributed by atoms with Gasteiger partial charge in [-0.1, -0.05) is 158 Å². The second-order valence-corrected chi connectivity index (χ2v) is 17.2. The summed E-state index contributed by atoms with van der Waals surface area (Å²) >= 11 is 0. The fourth-order valence-electron chi connectivity index (χ4n) is 11.5. The van der Waals surface area contributed by atoms with E-state index in [1.165, 1.54) is 98.8 Å². The quantitative estimate of drug-likeness (QED) is 0.164. The second-order valence-electron chi connectivity index (χ2n) is 17.2. The van der Waals surface area contributed by atoms with Crippen LogP contribution in [0.3, 0.4) is 0 Å². The molecule has 13 aromatic rings. The number of aromatic nitrogens is 3. The Labute approximate surface area is 369 Å². The Kier molecular flexibility index (Phi) is 7.32. The Balaban J connectivity index is 1.11. The van der Waals surface area contributed by atoms with Crippen LogP contribution in [-0.4, -0.2) is 13.7 Å². The van der Waals surface area contributed by atoms with Crippen LogP contribution in [0.15, 0.2) is 237 Å². The summed E-state index contributed by atoms with van der Waals surface area (Å²) in [7, 11) is 0. The molecule has 0 saturated carbocycles. The normalized spacial score (nSPS) is 13.1. The van der Waals surface area contributed by atoms with Gasteiger partial charge in [0, 0.05) is 49.4 Å². The Morgan fingerprint density at radius 3 is 1.23 bits per heavy atom. The van der Waals surface area contributed by atoms with E-state index in [9.17, 15) is 0 Å². The van der Waals surface area contributed by atoms with Gasteiger partial charge in [-0.25, -0.2) is 0 Å². The van der Waals surface area contributed by atoms with E-state index in [-0.39, 0.29) is 0 Å². The van der Waals surface area contributed by atoms with Gasteiger partial charge in [-0.2, -0.15) is 0 Å². The van der Waals surface area contributed by atoms with Gasteiger partial charge in [0.05, 0.1) is 38.5 Å². The minimum atomic E-state index is -0.506. The third kappa shape index (κ3) is 4.70. The third-order valence-corrected chi connectivity index (χ3v) is 14.1. The largest absolute Gasteiger partial charge is 0.309 e. The van der Waals surface area contributed by atoms with Crippen LogP contribution in [0.5, 0.6) is 0 Å². The number of fused-ring (bicyclic) bond motifs is 12. The topological polar surface area (TPSA) is 14.8 Å². The Morgan fingerprint density at radius 1 is 0.234 bits per heavy atom. The number of rotatable bonds is 5. The molecule has 0 fully saturated rings. The fraction of sp³-hybridized carbons (Fsp3) is 0.0164. The SMILES string of the molecule is c1ccc(-n2c3ccc(-n4c5ccccc5c5ccccc54)cc3c3cc4c5cc(C6(c7ccccc7)c7ccccc7-c7ccccc76)ccc5n(-c5ccccc5)c4cc32)cc1. The summed E-state index contributed by atoms with van der Waals surface area (Å²) in [4.78, 5) is 0. The van der Waals surface area contributed by atoms with Gasteiger partial charge >= 0.3 is 0 Å². The first-order valence-corrected chi connectivity index (χ1v) is 22.2. The van der Waals surface area contributed by atoms with Crippen molar-refractivity contribution in [1.82, 2.24) is 13.7 Å². The van der Waals surface area contributed by atoms with Crippen molar-refractivity contribution in [3.8, 4) is 28.2 Å². The van der Waals surface area contributed by atoms with E-state index >= 15 is 0 Å². The van der Waals surface area contributed by atoms with Crippen LogP contribution in [0.1, 0.15) is 22.3 Å². The van der Waals surface area contributed by atoms with Crippen LogP contribution in [0.25, 0.3) is 93.6 Å². The number of nitrogens with zero attached hydrogens (tertiary/aromatic N) is 3. The Morgan fingerprint density at radius 2 is 0.656 bits per heavy atom. The summed E-state index contributed by atoms with van der Waals surface area (Å²) in [5.41, 5.74) is 17.8. The lowest BCUT2D eigenvalue weighted by atomic mass is 9.67. The van der Waals surface area contributed by atoms with Gasteiger partial charge in [0.2, 0.25) is 0 Å². The van der Waals surface area contributed by atoms with E-state index in [1.54, 1.807) is 0 Å². The van der Waals surface area contributed by atoms with E-state index in [0.29, 0.717) is 0 Å². The van der Waals surface area contributed by atoms with Crippen molar-refractivity contribution in [2.75, 3.05) is 0 Å². The third-order valence-electron chi connectivity index (χ3n) is 14.1. The first-order chi connectivity index (χ1) is 31.8. The second kappa shape index (κ2) is 13.3. The van der Waals surface area contributed by atoms with Crippen LogP contribution < -0.4 is 0 Å². The van der Waals surface area contributed by atoms with Crippen LogP contribution in [-0.2, 0) is 5.41 Å². The molecule has 3 aromatic heterocycles. The van der Waals surface area contributed by atoms with Crippen molar-refractivity contribution in [3.63, 3.8) is 0 Å². The monoisotopic (exact) mass is 813 g/mol. The highest BCUT2D eigenvalue weighted by molar-refractivity contribution is 6.20. The van der Waals surface area contributed by atoms with Gasteiger partial charge in [0.1, 0.15) is 0 Å². The summed E-state index contributed by atoms with van der Waals surface area (Å²) in [6.45, 7) is 0. The lowest BCUT2D eigenvalue weighted by molar-refractivity contribution is 0.770. The summed E-state index contributed by atoms with van der Waals surface area (Å²) < 4.78 is 7.35. The zero-order valence-electron chi connectivity index (χ0n) is 34.9. The molecule has 0 saturated heterocycles. The summed E-state index contributed by atoms with van der Waals surface area (Å²) in [5, 5.41) is 7.42. The molecule has 0 radical (unpaired) electrons. The molecule has 3 heterocycles. The molecule has 0 bridgehead atoms. The van der Waals surface area contributed by atoms with Gasteiger partial charge in [0.15, 0.2) is 0 Å². The van der Waals surface area contributed by atoms with E-state index in [4.69, 9.17) is 0 Å². The molecule has 3 heteroatoms. The standard InChI is InChI=1S/C61H39N3/c1-4-18-40(19-5-1)61(53-28-14-10-24-45(53)46-25-11-15-29-54(46)61)41-32-34-57-49(36-41)51-38-52-50-37-44(64-55-30-16-12-26-47(55)48-27-13-17-31-56(48)64)33-35-58(50)63(43-22-8-3-9-23-43)60(52)39-59(51)62(57)42-20-6-2-7-21-42/h1-39H. The van der Waals surface area contributed by atoms with E-state index in [2.05, 4.69) is 250 Å². The van der Waals surface area contributed by atoms with Gasteiger partial charge in [-0.3, -0.25) is 0 Å². The van der Waals surface area contributed by atoms with Crippen molar-refractivity contribution < 1.29 is 0 Å². The zero-order chi connectivity index (χ0) is 41.9. The van der Waals surface area contributed by atoms with Crippen molar-refractivity contribution in [3.05, 3.63) is 259 Å². The zero-order valence-corrected chi connectivity index (χ0v) is 34.9. The smallest absolute Gasteiger partial charge is 0.0713 e. The molecule has 0 N–H and O–H groups in total. The summed E-state index contributed by atoms with van der Waals surface area (Å²) in [6.07, 6.45) is 0. The maximum absolute atomic E-state index is 2.51. The van der Waals surface area contributed by atoms with Crippen molar-refractivity contribution in [1.29, 1.82) is 0 Å². The van der Waals surface area contributed by atoms with Crippen molar-refractivity contribution >= 4 is 65.4 Å². The Bertz CT molecular complexity index is 3900. The van der Waals surface area contributed by atoms with Crippen LogP contribution in [0.2, 0.25) is 0 Å². The molecule has 1 aliphatic carbocycles. The van der Waals surface area contributed by atoms with Crippen LogP contribution in [0.4, 0.5) is 0 Å². The molecule has 0 atom stereocenters. The maximum atomic E-state index is 2.51. The fourth-order valence-corrected chi connectivity index (χ4v) is 11.5. The lowest BCUT2D eigenvalue weighted by Gasteiger charge is -2.34. The van der Waals surface area contributed by atoms with Crippen molar-refractivity contribution in [2.24, 2.45) is 0 Å². The van der Waals surface area contributed by atoms with Gasteiger partial charge in [-0.15, -0.1) is 0 Å². The molecule has 0 aliphatic heterocycles. The first-order valence-electron chi connectivity index (χ1n) is 22.2. The van der Waals surface area contributed by atoms with Gasteiger partial charge < -0.3 is 13.7 Å². The molecule has 1 aliphatic rings. The molecule has 0 unspecified atom stereocenters. The molecule has 298 valence electrons. The average Bonchev–Trinajstić information content (AvgIpc) is 4.07. The number of hydrogen-bond donors (Lipinski definition) is 0. The summed E-state index contributed by atoms with van der Waals surface area (Å²) in [6, 6.07) is 87.7. The highest BCUT2D eigenvalue weighted by Crippen LogP contribution is 2.56. The molecule has 0 amide bonds.